The molecule has 0 N–H and O–H groups in total. The molecule has 0 aromatic rings. The van der Waals surface area contributed by atoms with Gasteiger partial charge in [0, 0.05) is 19.3 Å². The molecule has 0 aliphatic heterocycles. The molecule has 0 bridgehead atoms. The average molecular weight is 1080 g/mol. The van der Waals surface area contributed by atoms with E-state index in [0.717, 1.165) is 77.0 Å². The average Bonchev–Trinajstić information content (AvgIpc) is 3.43. The van der Waals surface area contributed by atoms with Crippen LogP contribution in [0.3, 0.4) is 0 Å². The van der Waals surface area contributed by atoms with Crippen molar-refractivity contribution >= 4 is 17.9 Å². The van der Waals surface area contributed by atoms with Gasteiger partial charge in [0.25, 0.3) is 0 Å². The van der Waals surface area contributed by atoms with Gasteiger partial charge in [-0.1, -0.05) is 340 Å². The van der Waals surface area contributed by atoms with Crippen LogP contribution in [0.4, 0.5) is 0 Å². The Morgan fingerprint density at radius 1 is 0.260 bits per heavy atom. The first-order valence-electron chi connectivity index (χ1n) is 34.5. The lowest BCUT2D eigenvalue weighted by molar-refractivity contribution is -0.167. The largest absolute Gasteiger partial charge is 0.462 e. The smallest absolute Gasteiger partial charge is 0.306 e. The summed E-state index contributed by atoms with van der Waals surface area (Å²) >= 11 is 0. The van der Waals surface area contributed by atoms with Crippen molar-refractivity contribution in [3.05, 3.63) is 36.5 Å². The topological polar surface area (TPSA) is 78.9 Å². The summed E-state index contributed by atoms with van der Waals surface area (Å²) in [6, 6.07) is 0. The summed E-state index contributed by atoms with van der Waals surface area (Å²) in [5.74, 6) is -0.853. The second-order valence-electron chi connectivity index (χ2n) is 23.5. The number of carbonyl (C=O) groups is 3. The van der Waals surface area contributed by atoms with Crippen LogP contribution in [0, 0.1) is 0 Å². The van der Waals surface area contributed by atoms with Crippen molar-refractivity contribution in [2.24, 2.45) is 0 Å². The highest BCUT2D eigenvalue weighted by Crippen LogP contribution is 2.18. The Balaban J connectivity index is 4.34. The maximum atomic E-state index is 13.0. The van der Waals surface area contributed by atoms with Gasteiger partial charge in [-0.2, -0.15) is 0 Å². The molecular formula is C71H132O6. The van der Waals surface area contributed by atoms with Gasteiger partial charge >= 0.3 is 17.9 Å². The molecule has 77 heavy (non-hydrogen) atoms. The number of hydrogen-bond donors (Lipinski definition) is 0. The van der Waals surface area contributed by atoms with Crippen molar-refractivity contribution in [1.29, 1.82) is 0 Å². The Hall–Kier alpha value is -2.37. The van der Waals surface area contributed by atoms with E-state index in [1.807, 2.05) is 0 Å². The molecule has 452 valence electrons. The number of carbonyl (C=O) groups excluding carboxylic acids is 3. The van der Waals surface area contributed by atoms with E-state index in [1.54, 1.807) is 0 Å². The first-order valence-corrected chi connectivity index (χ1v) is 34.5. The monoisotopic (exact) mass is 1080 g/mol. The molecule has 0 radical (unpaired) electrons. The van der Waals surface area contributed by atoms with E-state index in [2.05, 4.69) is 57.2 Å². The molecule has 1 unspecified atom stereocenters. The zero-order valence-electron chi connectivity index (χ0n) is 52.0. The van der Waals surface area contributed by atoms with Crippen molar-refractivity contribution in [2.75, 3.05) is 13.2 Å². The third-order valence-corrected chi connectivity index (χ3v) is 15.6. The van der Waals surface area contributed by atoms with E-state index in [0.29, 0.717) is 19.3 Å². The van der Waals surface area contributed by atoms with Crippen molar-refractivity contribution in [1.82, 2.24) is 0 Å². The minimum absolute atomic E-state index is 0.0705. The highest BCUT2D eigenvalue weighted by Gasteiger charge is 2.19. The summed E-state index contributed by atoms with van der Waals surface area (Å²) in [6.45, 7) is 6.70. The van der Waals surface area contributed by atoms with Gasteiger partial charge in [0.2, 0.25) is 0 Å². The number of unbranched alkanes of at least 4 members (excludes halogenated alkanes) is 47. The Kier molecular flexibility index (Phi) is 64.1. The molecule has 0 fully saturated rings. The summed E-state index contributed by atoms with van der Waals surface area (Å²) in [5, 5.41) is 0. The van der Waals surface area contributed by atoms with Crippen LogP contribution in [0.1, 0.15) is 380 Å². The van der Waals surface area contributed by atoms with Gasteiger partial charge in [0.15, 0.2) is 6.10 Å². The van der Waals surface area contributed by atoms with E-state index in [4.69, 9.17) is 14.2 Å². The Morgan fingerprint density at radius 2 is 0.468 bits per heavy atom. The molecule has 0 saturated carbocycles. The van der Waals surface area contributed by atoms with Crippen LogP contribution in [0.2, 0.25) is 0 Å². The third kappa shape index (κ3) is 64.3. The molecule has 0 saturated heterocycles. The summed E-state index contributed by atoms with van der Waals surface area (Å²) in [5.41, 5.74) is 0. The lowest BCUT2D eigenvalue weighted by atomic mass is 10.0. The van der Waals surface area contributed by atoms with Crippen LogP contribution >= 0.6 is 0 Å². The molecule has 1 atom stereocenters. The maximum Gasteiger partial charge on any atom is 0.306 e. The van der Waals surface area contributed by atoms with Crippen LogP contribution in [0.5, 0.6) is 0 Å². The van der Waals surface area contributed by atoms with Crippen molar-refractivity contribution in [3.63, 3.8) is 0 Å². The lowest BCUT2D eigenvalue weighted by Crippen LogP contribution is -2.30. The first-order chi connectivity index (χ1) is 38.0. The lowest BCUT2D eigenvalue weighted by Gasteiger charge is -2.18. The van der Waals surface area contributed by atoms with Gasteiger partial charge in [0.1, 0.15) is 13.2 Å². The van der Waals surface area contributed by atoms with Gasteiger partial charge in [-0.15, -0.1) is 0 Å². The molecule has 6 heteroatoms. The fourth-order valence-corrected chi connectivity index (χ4v) is 10.5. The number of hydrogen-bond acceptors (Lipinski definition) is 6. The van der Waals surface area contributed by atoms with Crippen molar-refractivity contribution < 1.29 is 28.6 Å². The van der Waals surface area contributed by atoms with Crippen LogP contribution in [0.15, 0.2) is 36.5 Å². The van der Waals surface area contributed by atoms with E-state index in [-0.39, 0.29) is 31.1 Å². The van der Waals surface area contributed by atoms with Crippen molar-refractivity contribution in [3.8, 4) is 0 Å². The van der Waals surface area contributed by atoms with Crippen LogP contribution in [-0.4, -0.2) is 37.2 Å². The Labute approximate surface area is 480 Å². The van der Waals surface area contributed by atoms with Gasteiger partial charge in [-0.3, -0.25) is 14.4 Å². The van der Waals surface area contributed by atoms with Crippen LogP contribution < -0.4 is 0 Å². The fraction of sp³-hybridized carbons (Fsp3) is 0.873. The van der Waals surface area contributed by atoms with Gasteiger partial charge in [-0.05, 0) is 57.8 Å². The molecular weight excluding hydrogens is 949 g/mol. The normalized spacial score (nSPS) is 12.2. The van der Waals surface area contributed by atoms with Gasteiger partial charge < -0.3 is 14.2 Å². The zero-order valence-corrected chi connectivity index (χ0v) is 52.0. The van der Waals surface area contributed by atoms with E-state index in [1.165, 1.54) is 263 Å². The number of esters is 3. The fourth-order valence-electron chi connectivity index (χ4n) is 10.5. The molecule has 6 nitrogen and oxygen atoms in total. The molecule has 0 aliphatic rings. The summed E-state index contributed by atoms with van der Waals surface area (Å²) in [6.07, 6.45) is 81.6. The van der Waals surface area contributed by atoms with Gasteiger partial charge in [-0.25, -0.2) is 0 Å². The first kappa shape index (κ1) is 74.6. The second-order valence-corrected chi connectivity index (χ2v) is 23.5. The minimum atomic E-state index is -0.775. The van der Waals surface area contributed by atoms with Crippen molar-refractivity contribution in [2.45, 2.75) is 386 Å². The predicted molar refractivity (Wildman–Crippen MR) is 335 cm³/mol. The zero-order chi connectivity index (χ0) is 55.7. The second kappa shape index (κ2) is 66.1. The third-order valence-electron chi connectivity index (χ3n) is 15.6. The van der Waals surface area contributed by atoms with Crippen LogP contribution in [-0.2, 0) is 28.6 Å². The predicted octanol–water partition coefficient (Wildman–Crippen LogP) is 23.6. The summed E-state index contributed by atoms with van der Waals surface area (Å²) < 4.78 is 17.0. The molecule has 0 amide bonds. The molecule has 0 aliphatic carbocycles. The van der Waals surface area contributed by atoms with E-state index >= 15 is 0 Å². The molecule has 0 aromatic heterocycles. The molecule has 0 heterocycles. The highest BCUT2D eigenvalue weighted by molar-refractivity contribution is 5.71. The quantitative estimate of drug-likeness (QED) is 0.0261. The summed E-state index contributed by atoms with van der Waals surface area (Å²) in [4.78, 5) is 38.4. The Bertz CT molecular complexity index is 1290. The Morgan fingerprint density at radius 3 is 0.727 bits per heavy atom. The van der Waals surface area contributed by atoms with E-state index in [9.17, 15) is 14.4 Å². The SMILES string of the molecule is CCCCCCC/C=C\C/C=C\C/C=C\CCCCCCCCC(=O)OCC(COC(=O)CCCCCCCCCCCCCCCCCCC)OC(=O)CCCCCCCCCCCCCCCCCCCCCCC. The minimum Gasteiger partial charge on any atom is -0.462 e. The number of ether oxygens (including phenoxy) is 3. The van der Waals surface area contributed by atoms with Gasteiger partial charge in [0.05, 0.1) is 0 Å². The number of allylic oxidation sites excluding steroid dienone is 6. The highest BCUT2D eigenvalue weighted by atomic mass is 16.6. The standard InChI is InChI=1S/C71H132O6/c1-4-7-10-13-16-19-22-25-28-31-33-35-37-40-43-46-49-52-55-58-61-64-70(73)76-67-68(66-75-69(72)63-60-57-54-51-48-45-42-39-30-27-24-21-18-15-12-9-6-3)77-71(74)65-62-59-56-53-50-47-44-41-38-36-34-32-29-26-23-20-17-14-11-8-5-2/h22,25,31,33,37,40,68H,4-21,23-24,26-30,32,34-36,38-39,41-67H2,1-3H3/b25-22-,33-31-,40-37-. The summed E-state index contributed by atoms with van der Waals surface area (Å²) in [7, 11) is 0. The van der Waals surface area contributed by atoms with E-state index < -0.39 is 6.10 Å². The van der Waals surface area contributed by atoms with Crippen LogP contribution in [0.25, 0.3) is 0 Å². The maximum absolute atomic E-state index is 13.0. The molecule has 0 aromatic carbocycles. The number of rotatable bonds is 64. The molecule has 0 spiro atoms. The molecule has 0 rings (SSSR count).